The first-order chi connectivity index (χ1) is 10.0. The van der Waals surface area contributed by atoms with E-state index in [1.807, 2.05) is 18.7 Å². The van der Waals surface area contributed by atoms with Gasteiger partial charge in [0.2, 0.25) is 0 Å². The fourth-order valence-electron chi connectivity index (χ4n) is 1.99. The predicted octanol–water partition coefficient (Wildman–Crippen LogP) is 1.47. The van der Waals surface area contributed by atoms with Crippen molar-refractivity contribution < 1.29 is 8.42 Å². The summed E-state index contributed by atoms with van der Waals surface area (Å²) in [7, 11) is -3.53. The summed E-state index contributed by atoms with van der Waals surface area (Å²) < 4.78 is 27.5. The minimum absolute atomic E-state index is 0.0819. The zero-order valence-corrected chi connectivity index (χ0v) is 14.2. The summed E-state index contributed by atoms with van der Waals surface area (Å²) in [5, 5.41) is 10.00. The molecule has 0 spiro atoms. The van der Waals surface area contributed by atoms with Crippen LogP contribution in [0.4, 0.5) is 0 Å². The van der Waals surface area contributed by atoms with Gasteiger partial charge in [-0.05, 0) is 37.7 Å². The van der Waals surface area contributed by atoms with E-state index in [2.05, 4.69) is 27.2 Å². The van der Waals surface area contributed by atoms with Gasteiger partial charge in [-0.2, -0.15) is 16.9 Å². The van der Waals surface area contributed by atoms with Crippen LogP contribution in [-0.2, 0) is 16.6 Å². The van der Waals surface area contributed by atoms with E-state index < -0.39 is 10.0 Å². The van der Waals surface area contributed by atoms with E-state index in [9.17, 15) is 8.42 Å². The Morgan fingerprint density at radius 1 is 1.52 bits per heavy atom. The molecule has 21 heavy (non-hydrogen) atoms. The van der Waals surface area contributed by atoms with Crippen LogP contribution in [0.25, 0.3) is 0 Å². The fraction of sp³-hybridized carbons (Fsp3) is 0.769. The summed E-state index contributed by atoms with van der Waals surface area (Å²) >= 11 is 1.82. The van der Waals surface area contributed by atoms with Gasteiger partial charge in [0, 0.05) is 24.2 Å². The summed E-state index contributed by atoms with van der Waals surface area (Å²) in [6.45, 7) is 4.53. The maximum Gasteiger partial charge on any atom is 0.258 e. The first kappa shape index (κ1) is 16.8. The topological polar surface area (TPSA) is 86.9 Å². The van der Waals surface area contributed by atoms with Gasteiger partial charge >= 0.3 is 0 Å². The zero-order chi connectivity index (χ0) is 15.3. The van der Waals surface area contributed by atoms with Gasteiger partial charge in [0.15, 0.2) is 5.03 Å². The Bertz CT molecular complexity index is 540. The van der Waals surface area contributed by atoms with Crippen molar-refractivity contribution >= 4 is 21.8 Å². The number of thioether (sulfide) groups is 1. The highest BCUT2D eigenvalue weighted by atomic mass is 32.2. The minimum Gasteiger partial charge on any atom is -0.310 e. The van der Waals surface area contributed by atoms with Crippen molar-refractivity contribution in [3.63, 3.8) is 0 Å². The Kier molecular flexibility index (Phi) is 6.09. The van der Waals surface area contributed by atoms with Gasteiger partial charge in [0.25, 0.3) is 10.0 Å². The van der Waals surface area contributed by atoms with Gasteiger partial charge in [-0.25, -0.2) is 13.1 Å². The molecular weight excluding hydrogens is 308 g/mol. The van der Waals surface area contributed by atoms with Crippen molar-refractivity contribution in [3.05, 3.63) is 11.8 Å². The summed E-state index contributed by atoms with van der Waals surface area (Å²) in [6.07, 6.45) is 4.75. The average Bonchev–Trinajstić information content (AvgIpc) is 3.12. The monoisotopic (exact) mass is 332 g/mol. The van der Waals surface area contributed by atoms with Gasteiger partial charge in [-0.15, -0.1) is 0 Å². The quantitative estimate of drug-likeness (QED) is 0.565. The number of hydrogen-bond acceptors (Lipinski definition) is 5. The molecular formula is C13H24N4O2S2. The molecule has 1 heterocycles. The first-order valence-corrected chi connectivity index (χ1v) is 10.0. The molecule has 1 aliphatic rings. The van der Waals surface area contributed by atoms with Crippen molar-refractivity contribution in [2.75, 3.05) is 11.5 Å². The van der Waals surface area contributed by atoms with Crippen molar-refractivity contribution in [1.82, 2.24) is 20.2 Å². The summed E-state index contributed by atoms with van der Waals surface area (Å²) in [5.41, 5.74) is 0.699. The van der Waals surface area contributed by atoms with Crippen LogP contribution in [0, 0.1) is 0 Å². The van der Waals surface area contributed by atoms with E-state index in [1.165, 1.54) is 12.8 Å². The van der Waals surface area contributed by atoms with Crippen molar-refractivity contribution in [2.24, 2.45) is 0 Å². The van der Waals surface area contributed by atoms with Crippen LogP contribution in [0.5, 0.6) is 0 Å². The molecule has 1 aliphatic carbocycles. The second kappa shape index (κ2) is 7.62. The lowest BCUT2D eigenvalue weighted by molar-refractivity contribution is 0.550. The Labute approximate surface area is 130 Å². The molecule has 1 unspecified atom stereocenters. The molecule has 1 aromatic rings. The number of sulfonamides is 1. The number of aromatic nitrogens is 2. The van der Waals surface area contributed by atoms with Crippen LogP contribution in [0.3, 0.4) is 0 Å². The predicted molar refractivity (Wildman–Crippen MR) is 85.8 cm³/mol. The number of H-pyrrole nitrogens is 1. The largest absolute Gasteiger partial charge is 0.310 e. The van der Waals surface area contributed by atoms with Gasteiger partial charge < -0.3 is 5.32 Å². The molecule has 2 rings (SSSR count). The van der Waals surface area contributed by atoms with Crippen LogP contribution in [0.2, 0.25) is 0 Å². The average molecular weight is 332 g/mol. The molecule has 0 amide bonds. The third kappa shape index (κ3) is 5.28. The van der Waals surface area contributed by atoms with Crippen LogP contribution >= 0.6 is 11.8 Å². The molecule has 6 nitrogen and oxygen atoms in total. The molecule has 1 aromatic heterocycles. The standard InChI is InChI=1S/C13H24N4O2S2/c1-3-20-7-6-10(2)17-21(18,19)13-11(9-15-16-13)8-14-12-4-5-12/h9-10,12,14,17H,3-8H2,1-2H3,(H,15,16). The number of nitrogens with one attached hydrogen (secondary N) is 3. The Balaban J connectivity index is 1.93. The maximum atomic E-state index is 12.4. The molecule has 120 valence electrons. The van der Waals surface area contributed by atoms with Crippen LogP contribution in [-0.4, -0.2) is 42.2 Å². The fourth-order valence-corrected chi connectivity index (χ4v) is 4.20. The van der Waals surface area contributed by atoms with Crippen molar-refractivity contribution in [3.8, 4) is 0 Å². The lowest BCUT2D eigenvalue weighted by atomic mass is 10.3. The molecule has 1 atom stereocenters. The van der Waals surface area contributed by atoms with E-state index in [-0.39, 0.29) is 11.1 Å². The Hall–Kier alpha value is -0.570. The Morgan fingerprint density at radius 2 is 2.29 bits per heavy atom. The first-order valence-electron chi connectivity index (χ1n) is 7.38. The molecule has 0 aliphatic heterocycles. The zero-order valence-electron chi connectivity index (χ0n) is 12.6. The lowest BCUT2D eigenvalue weighted by Gasteiger charge is -2.14. The molecule has 8 heteroatoms. The molecule has 0 radical (unpaired) electrons. The van der Waals surface area contributed by atoms with E-state index in [1.54, 1.807) is 6.20 Å². The summed E-state index contributed by atoms with van der Waals surface area (Å²) in [5.74, 6) is 2.01. The second-order valence-corrected chi connectivity index (χ2v) is 8.43. The third-order valence-corrected chi connectivity index (χ3v) is 5.90. The highest BCUT2D eigenvalue weighted by Gasteiger charge is 2.25. The van der Waals surface area contributed by atoms with E-state index in [0.717, 1.165) is 17.9 Å². The number of hydrogen-bond donors (Lipinski definition) is 3. The van der Waals surface area contributed by atoms with Gasteiger partial charge in [0.1, 0.15) is 0 Å². The molecule has 0 saturated heterocycles. The molecule has 1 saturated carbocycles. The SMILES string of the molecule is CCSCCC(C)NS(=O)(=O)c1[nH]ncc1CNC1CC1. The summed E-state index contributed by atoms with van der Waals surface area (Å²) in [6, 6.07) is 0.454. The van der Waals surface area contributed by atoms with Crippen LogP contribution in [0.15, 0.2) is 11.2 Å². The number of nitrogens with zero attached hydrogens (tertiary/aromatic N) is 1. The normalized spacial score (nSPS) is 17.0. The van der Waals surface area contributed by atoms with Gasteiger partial charge in [-0.3, -0.25) is 5.10 Å². The van der Waals surface area contributed by atoms with E-state index >= 15 is 0 Å². The maximum absolute atomic E-state index is 12.4. The third-order valence-electron chi connectivity index (χ3n) is 3.36. The molecule has 1 fully saturated rings. The minimum atomic E-state index is -3.53. The van der Waals surface area contributed by atoms with Gasteiger partial charge in [-0.1, -0.05) is 6.92 Å². The van der Waals surface area contributed by atoms with E-state index in [0.29, 0.717) is 18.2 Å². The van der Waals surface area contributed by atoms with Crippen molar-refractivity contribution in [1.29, 1.82) is 0 Å². The molecule has 0 aromatic carbocycles. The second-order valence-electron chi connectivity index (χ2n) is 5.39. The highest BCUT2D eigenvalue weighted by molar-refractivity contribution is 7.99. The molecule has 3 N–H and O–H groups in total. The summed E-state index contributed by atoms with van der Waals surface area (Å²) in [4.78, 5) is 0. The highest BCUT2D eigenvalue weighted by Crippen LogP contribution is 2.20. The van der Waals surface area contributed by atoms with E-state index in [4.69, 9.17) is 0 Å². The Morgan fingerprint density at radius 3 is 2.95 bits per heavy atom. The van der Waals surface area contributed by atoms with Crippen LogP contribution < -0.4 is 10.0 Å². The number of rotatable bonds is 10. The van der Waals surface area contributed by atoms with Crippen molar-refractivity contribution in [2.45, 2.75) is 56.8 Å². The number of aromatic amines is 1. The molecule has 0 bridgehead atoms. The van der Waals surface area contributed by atoms with Crippen LogP contribution in [0.1, 0.15) is 38.7 Å². The lowest BCUT2D eigenvalue weighted by Crippen LogP contribution is -2.34. The van der Waals surface area contributed by atoms with Gasteiger partial charge in [0.05, 0.1) is 6.20 Å². The smallest absolute Gasteiger partial charge is 0.258 e.